The Kier molecular flexibility index (Phi) is 5.29. The molecule has 0 radical (unpaired) electrons. The summed E-state index contributed by atoms with van der Waals surface area (Å²) in [5, 5.41) is 12.5. The molecular weight excluding hydrogens is 226 g/mol. The van der Waals surface area contributed by atoms with Crippen LogP contribution in [0.1, 0.15) is 25.3 Å². The summed E-state index contributed by atoms with van der Waals surface area (Å²) in [5.74, 6) is -0.750. The first-order chi connectivity index (χ1) is 7.58. The first-order valence-corrected chi connectivity index (χ1v) is 5.65. The quantitative estimate of drug-likeness (QED) is 0.805. The molecule has 1 unspecified atom stereocenters. The molecule has 0 bridgehead atoms. The first-order valence-electron chi connectivity index (χ1n) is 5.27. The first kappa shape index (κ1) is 13.0. The summed E-state index contributed by atoms with van der Waals surface area (Å²) >= 11 is 5.77. The van der Waals surface area contributed by atoms with Crippen LogP contribution in [0.4, 0.5) is 0 Å². The molecule has 0 aliphatic rings. The van der Waals surface area contributed by atoms with Crippen molar-refractivity contribution in [2.75, 3.05) is 0 Å². The van der Waals surface area contributed by atoms with Crippen LogP contribution in [0.15, 0.2) is 24.3 Å². The molecule has 0 fully saturated rings. The van der Waals surface area contributed by atoms with E-state index in [1.165, 1.54) is 0 Å². The van der Waals surface area contributed by atoms with Gasteiger partial charge in [-0.2, -0.15) is 0 Å². The zero-order valence-electron chi connectivity index (χ0n) is 9.24. The highest BCUT2D eigenvalue weighted by molar-refractivity contribution is 6.30. The molecule has 1 aromatic rings. The smallest absolute Gasteiger partial charge is 0.303 e. The molecule has 4 heteroatoms. The number of aliphatic carboxylic acids is 1. The largest absolute Gasteiger partial charge is 0.481 e. The number of benzene rings is 1. The van der Waals surface area contributed by atoms with E-state index in [2.05, 4.69) is 5.32 Å². The monoisotopic (exact) mass is 241 g/mol. The zero-order valence-corrected chi connectivity index (χ0v) is 10.00. The Hall–Kier alpha value is -1.06. The number of carboxylic acids is 1. The van der Waals surface area contributed by atoms with Crippen LogP contribution in [0.2, 0.25) is 5.02 Å². The summed E-state index contributed by atoms with van der Waals surface area (Å²) in [6.45, 7) is 2.72. The molecular formula is C12H16ClNO2. The molecule has 2 N–H and O–H groups in total. The van der Waals surface area contributed by atoms with Crippen LogP contribution in [0.5, 0.6) is 0 Å². The number of rotatable bonds is 6. The molecule has 3 nitrogen and oxygen atoms in total. The van der Waals surface area contributed by atoms with Gasteiger partial charge in [-0.25, -0.2) is 0 Å². The van der Waals surface area contributed by atoms with Crippen molar-refractivity contribution in [1.82, 2.24) is 5.32 Å². The van der Waals surface area contributed by atoms with E-state index in [0.717, 1.165) is 17.1 Å². The van der Waals surface area contributed by atoms with Crippen molar-refractivity contribution in [3.8, 4) is 0 Å². The fraction of sp³-hybridized carbons (Fsp3) is 0.417. The van der Waals surface area contributed by atoms with Crippen molar-refractivity contribution in [2.24, 2.45) is 0 Å². The normalized spacial score (nSPS) is 12.4. The van der Waals surface area contributed by atoms with Gasteiger partial charge in [-0.15, -0.1) is 0 Å². The van der Waals surface area contributed by atoms with E-state index in [4.69, 9.17) is 16.7 Å². The Balaban J connectivity index is 2.28. The van der Waals surface area contributed by atoms with Crippen LogP contribution in [0.3, 0.4) is 0 Å². The van der Waals surface area contributed by atoms with Gasteiger partial charge in [0.1, 0.15) is 0 Å². The minimum absolute atomic E-state index is 0.201. The fourth-order valence-electron chi connectivity index (χ4n) is 1.34. The van der Waals surface area contributed by atoms with Crippen LogP contribution < -0.4 is 5.32 Å². The summed E-state index contributed by atoms with van der Waals surface area (Å²) in [5.41, 5.74) is 1.14. The number of nitrogens with one attached hydrogen (secondary N) is 1. The fourth-order valence-corrected chi connectivity index (χ4v) is 1.46. The van der Waals surface area contributed by atoms with Crippen molar-refractivity contribution in [3.63, 3.8) is 0 Å². The van der Waals surface area contributed by atoms with Crippen molar-refractivity contribution in [2.45, 2.75) is 32.4 Å². The van der Waals surface area contributed by atoms with Gasteiger partial charge in [0.05, 0.1) is 0 Å². The van der Waals surface area contributed by atoms with Gasteiger partial charge in [-0.3, -0.25) is 4.79 Å². The zero-order chi connectivity index (χ0) is 12.0. The molecule has 0 saturated heterocycles. The van der Waals surface area contributed by atoms with E-state index in [0.29, 0.717) is 6.42 Å². The van der Waals surface area contributed by atoms with Gasteiger partial charge < -0.3 is 10.4 Å². The number of carboxylic acid groups (broad SMARTS) is 1. The summed E-state index contributed by atoms with van der Waals surface area (Å²) in [4.78, 5) is 10.4. The highest BCUT2D eigenvalue weighted by Gasteiger charge is 2.04. The number of halogens is 1. The van der Waals surface area contributed by atoms with Gasteiger partial charge in [0.2, 0.25) is 0 Å². The second kappa shape index (κ2) is 6.51. The topological polar surface area (TPSA) is 49.3 Å². The standard InChI is InChI=1S/C12H16ClNO2/c1-9(2-7-12(15)16)14-8-10-3-5-11(13)6-4-10/h3-6,9,14H,2,7-8H2,1H3,(H,15,16). The van der Waals surface area contributed by atoms with Gasteiger partial charge in [0.25, 0.3) is 0 Å². The molecule has 0 heterocycles. The lowest BCUT2D eigenvalue weighted by molar-refractivity contribution is -0.137. The maximum absolute atomic E-state index is 10.4. The van der Waals surface area contributed by atoms with E-state index in [1.54, 1.807) is 0 Å². The minimum atomic E-state index is -0.750. The lowest BCUT2D eigenvalue weighted by Crippen LogP contribution is -2.26. The van der Waals surface area contributed by atoms with Gasteiger partial charge in [0.15, 0.2) is 0 Å². The van der Waals surface area contributed by atoms with Crippen molar-refractivity contribution < 1.29 is 9.90 Å². The number of hydrogen-bond donors (Lipinski definition) is 2. The third kappa shape index (κ3) is 5.14. The molecule has 0 aromatic heterocycles. The maximum Gasteiger partial charge on any atom is 0.303 e. The second-order valence-electron chi connectivity index (χ2n) is 3.84. The summed E-state index contributed by atoms with van der Waals surface area (Å²) in [6, 6.07) is 7.81. The predicted molar refractivity (Wildman–Crippen MR) is 64.6 cm³/mol. The predicted octanol–water partition coefficient (Wildman–Crippen LogP) is 2.68. The van der Waals surface area contributed by atoms with Crippen molar-refractivity contribution in [3.05, 3.63) is 34.9 Å². The van der Waals surface area contributed by atoms with Gasteiger partial charge in [-0.1, -0.05) is 23.7 Å². The number of carbonyl (C=O) groups is 1. The Morgan fingerprint density at radius 2 is 2.06 bits per heavy atom. The van der Waals surface area contributed by atoms with Crippen molar-refractivity contribution >= 4 is 17.6 Å². The average Bonchev–Trinajstić information content (AvgIpc) is 2.25. The molecule has 0 spiro atoms. The van der Waals surface area contributed by atoms with Crippen molar-refractivity contribution in [1.29, 1.82) is 0 Å². The molecule has 0 amide bonds. The lowest BCUT2D eigenvalue weighted by Gasteiger charge is -2.12. The van der Waals surface area contributed by atoms with E-state index >= 15 is 0 Å². The summed E-state index contributed by atoms with van der Waals surface area (Å²) in [6.07, 6.45) is 0.845. The molecule has 1 atom stereocenters. The molecule has 0 saturated carbocycles. The molecule has 1 aromatic carbocycles. The molecule has 0 aliphatic carbocycles. The summed E-state index contributed by atoms with van der Waals surface area (Å²) < 4.78 is 0. The van der Waals surface area contributed by atoms with Gasteiger partial charge >= 0.3 is 5.97 Å². The molecule has 0 aliphatic heterocycles. The Bertz CT molecular complexity index is 337. The van der Waals surface area contributed by atoms with Gasteiger partial charge in [-0.05, 0) is 31.0 Å². The van der Waals surface area contributed by atoms with E-state index < -0.39 is 5.97 Å². The van der Waals surface area contributed by atoms with E-state index in [9.17, 15) is 4.79 Å². The summed E-state index contributed by atoms with van der Waals surface area (Å²) in [7, 11) is 0. The minimum Gasteiger partial charge on any atom is -0.481 e. The molecule has 16 heavy (non-hydrogen) atoms. The lowest BCUT2D eigenvalue weighted by atomic mass is 10.1. The van der Waals surface area contributed by atoms with Crippen LogP contribution in [-0.4, -0.2) is 17.1 Å². The second-order valence-corrected chi connectivity index (χ2v) is 4.28. The van der Waals surface area contributed by atoms with E-state index in [-0.39, 0.29) is 12.5 Å². The highest BCUT2D eigenvalue weighted by Crippen LogP contribution is 2.09. The Labute approximate surface area is 100 Å². The van der Waals surface area contributed by atoms with Crippen LogP contribution in [0, 0.1) is 0 Å². The Morgan fingerprint density at radius 3 is 2.62 bits per heavy atom. The van der Waals surface area contributed by atoms with E-state index in [1.807, 2.05) is 31.2 Å². The average molecular weight is 242 g/mol. The molecule has 88 valence electrons. The third-order valence-corrected chi connectivity index (χ3v) is 2.61. The highest BCUT2D eigenvalue weighted by atomic mass is 35.5. The SMILES string of the molecule is CC(CCC(=O)O)NCc1ccc(Cl)cc1. The molecule has 1 rings (SSSR count). The Morgan fingerprint density at radius 1 is 1.44 bits per heavy atom. The van der Waals surface area contributed by atoms with Crippen LogP contribution in [0.25, 0.3) is 0 Å². The maximum atomic E-state index is 10.4. The van der Waals surface area contributed by atoms with Gasteiger partial charge in [0, 0.05) is 24.0 Å². The number of hydrogen-bond acceptors (Lipinski definition) is 2. The third-order valence-electron chi connectivity index (χ3n) is 2.36. The van der Waals surface area contributed by atoms with Crippen LogP contribution in [-0.2, 0) is 11.3 Å². The van der Waals surface area contributed by atoms with Crippen LogP contribution >= 0.6 is 11.6 Å².